The first-order valence-corrected chi connectivity index (χ1v) is 3.73. The fourth-order valence-corrected chi connectivity index (χ4v) is 1.08. The number of nitrogen functional groups attached to an aromatic ring is 1. The van der Waals surface area contributed by atoms with E-state index in [0.29, 0.717) is 16.3 Å². The van der Waals surface area contributed by atoms with Gasteiger partial charge in [0, 0.05) is 10.7 Å². The summed E-state index contributed by atoms with van der Waals surface area (Å²) in [6.45, 7) is 0. The fraction of sp³-hybridized carbons (Fsp3) is 0.125. The third kappa shape index (κ3) is 2.13. The number of aliphatic carboxylic acids is 1. The first kappa shape index (κ1) is 8.87. The lowest BCUT2D eigenvalue weighted by atomic mass is 10.1. The smallest absolute Gasteiger partial charge is 0.307 e. The zero-order chi connectivity index (χ0) is 9.14. The molecule has 1 aromatic carbocycles. The molecule has 0 aliphatic carbocycles. The van der Waals surface area contributed by atoms with Crippen molar-refractivity contribution in [2.45, 2.75) is 6.42 Å². The van der Waals surface area contributed by atoms with E-state index in [1.165, 1.54) is 0 Å². The summed E-state index contributed by atoms with van der Waals surface area (Å²) in [4.78, 5) is 10.3. The molecule has 0 bridgehead atoms. The molecule has 64 valence electrons. The zero-order valence-electron chi connectivity index (χ0n) is 6.25. The minimum atomic E-state index is -0.914. The highest BCUT2D eigenvalue weighted by atomic mass is 35.5. The lowest BCUT2D eigenvalue weighted by Crippen LogP contribution is -2.01. The van der Waals surface area contributed by atoms with Crippen LogP contribution in [0.15, 0.2) is 18.2 Å². The van der Waals surface area contributed by atoms with Crippen molar-refractivity contribution in [1.82, 2.24) is 0 Å². The van der Waals surface area contributed by atoms with Crippen LogP contribution in [0.4, 0.5) is 5.69 Å². The summed E-state index contributed by atoms with van der Waals surface area (Å²) < 4.78 is 0. The number of hydrogen-bond donors (Lipinski definition) is 2. The van der Waals surface area contributed by atoms with E-state index < -0.39 is 5.97 Å². The van der Waals surface area contributed by atoms with E-state index in [1.807, 2.05) is 0 Å². The standard InChI is InChI=1S/C8H8ClNO2/c9-7-2-1-6(10)3-5(7)4-8(11)12/h1-3H,4,10H2,(H,11,12). The Bertz CT molecular complexity index is 312. The van der Waals surface area contributed by atoms with Crippen LogP contribution >= 0.6 is 11.6 Å². The van der Waals surface area contributed by atoms with Gasteiger partial charge in [-0.05, 0) is 23.8 Å². The lowest BCUT2D eigenvalue weighted by molar-refractivity contribution is -0.136. The third-order valence-electron chi connectivity index (χ3n) is 1.41. The van der Waals surface area contributed by atoms with Crippen LogP contribution in [-0.4, -0.2) is 11.1 Å². The van der Waals surface area contributed by atoms with Gasteiger partial charge in [0.2, 0.25) is 0 Å². The average Bonchev–Trinajstić information content (AvgIpc) is 1.96. The second kappa shape index (κ2) is 3.45. The van der Waals surface area contributed by atoms with Gasteiger partial charge < -0.3 is 10.8 Å². The third-order valence-corrected chi connectivity index (χ3v) is 1.78. The van der Waals surface area contributed by atoms with Gasteiger partial charge in [-0.25, -0.2) is 0 Å². The van der Waals surface area contributed by atoms with Gasteiger partial charge >= 0.3 is 5.97 Å². The molecule has 0 heterocycles. The quantitative estimate of drug-likeness (QED) is 0.688. The number of carbonyl (C=O) groups is 1. The summed E-state index contributed by atoms with van der Waals surface area (Å²) in [5.41, 5.74) is 6.52. The van der Waals surface area contributed by atoms with Gasteiger partial charge in [-0.3, -0.25) is 4.79 Å². The van der Waals surface area contributed by atoms with Crippen molar-refractivity contribution >= 4 is 23.3 Å². The van der Waals surface area contributed by atoms with Crippen molar-refractivity contribution in [2.75, 3.05) is 5.73 Å². The van der Waals surface area contributed by atoms with Crippen LogP contribution in [0.5, 0.6) is 0 Å². The van der Waals surface area contributed by atoms with Crippen molar-refractivity contribution in [2.24, 2.45) is 0 Å². The molecular weight excluding hydrogens is 178 g/mol. The highest BCUT2D eigenvalue weighted by molar-refractivity contribution is 6.31. The normalized spacial score (nSPS) is 9.75. The number of benzene rings is 1. The molecular formula is C8H8ClNO2. The molecule has 0 amide bonds. The number of hydrogen-bond acceptors (Lipinski definition) is 2. The summed E-state index contributed by atoms with van der Waals surface area (Å²) in [6.07, 6.45) is -0.0934. The van der Waals surface area contributed by atoms with E-state index in [-0.39, 0.29) is 6.42 Å². The van der Waals surface area contributed by atoms with Crippen molar-refractivity contribution in [1.29, 1.82) is 0 Å². The molecule has 0 saturated carbocycles. The molecule has 0 aliphatic heterocycles. The van der Waals surface area contributed by atoms with E-state index in [4.69, 9.17) is 22.4 Å². The number of rotatable bonds is 2. The van der Waals surface area contributed by atoms with E-state index in [2.05, 4.69) is 0 Å². The van der Waals surface area contributed by atoms with E-state index >= 15 is 0 Å². The Hall–Kier alpha value is -1.22. The van der Waals surface area contributed by atoms with Gasteiger partial charge in [0.1, 0.15) is 0 Å². The zero-order valence-corrected chi connectivity index (χ0v) is 7.01. The first-order chi connectivity index (χ1) is 5.59. The number of nitrogens with two attached hydrogens (primary N) is 1. The molecule has 0 aromatic heterocycles. The summed E-state index contributed by atoms with van der Waals surface area (Å²) >= 11 is 5.72. The van der Waals surface area contributed by atoms with Gasteiger partial charge in [0.15, 0.2) is 0 Å². The van der Waals surface area contributed by atoms with Gasteiger partial charge in [0.05, 0.1) is 6.42 Å². The van der Waals surface area contributed by atoms with Crippen LogP contribution in [0.3, 0.4) is 0 Å². The Morgan fingerprint density at radius 1 is 1.58 bits per heavy atom. The first-order valence-electron chi connectivity index (χ1n) is 3.35. The van der Waals surface area contributed by atoms with Gasteiger partial charge in [-0.1, -0.05) is 11.6 Å². The molecule has 3 N–H and O–H groups in total. The second-order valence-electron chi connectivity index (χ2n) is 2.42. The Balaban J connectivity index is 2.97. The average molecular weight is 186 g/mol. The maximum atomic E-state index is 10.3. The van der Waals surface area contributed by atoms with Crippen LogP contribution in [-0.2, 0) is 11.2 Å². The Labute approximate surface area is 74.8 Å². The van der Waals surface area contributed by atoms with Crippen LogP contribution < -0.4 is 5.73 Å². The van der Waals surface area contributed by atoms with E-state index in [0.717, 1.165) is 0 Å². The molecule has 12 heavy (non-hydrogen) atoms. The molecule has 0 atom stereocenters. The monoisotopic (exact) mass is 185 g/mol. The molecule has 0 fully saturated rings. The van der Waals surface area contributed by atoms with Gasteiger partial charge in [-0.2, -0.15) is 0 Å². The summed E-state index contributed by atoms with van der Waals surface area (Å²) in [7, 11) is 0. The Kier molecular flexibility index (Phi) is 2.55. The maximum Gasteiger partial charge on any atom is 0.307 e. The molecule has 0 spiro atoms. The molecule has 3 nitrogen and oxygen atoms in total. The van der Waals surface area contributed by atoms with Crippen LogP contribution in [0.2, 0.25) is 5.02 Å². The molecule has 4 heteroatoms. The van der Waals surface area contributed by atoms with Crippen LogP contribution in [0.1, 0.15) is 5.56 Å². The highest BCUT2D eigenvalue weighted by Gasteiger charge is 2.04. The highest BCUT2D eigenvalue weighted by Crippen LogP contribution is 2.19. The topological polar surface area (TPSA) is 63.3 Å². The van der Waals surface area contributed by atoms with Crippen molar-refractivity contribution in [3.8, 4) is 0 Å². The lowest BCUT2D eigenvalue weighted by Gasteiger charge is -2.01. The van der Waals surface area contributed by atoms with Crippen LogP contribution in [0, 0.1) is 0 Å². The molecule has 0 saturated heterocycles. The summed E-state index contributed by atoms with van der Waals surface area (Å²) in [5, 5.41) is 8.92. The molecule has 1 aromatic rings. The summed E-state index contributed by atoms with van der Waals surface area (Å²) in [5.74, 6) is -0.914. The molecule has 0 aliphatic rings. The predicted octanol–water partition coefficient (Wildman–Crippen LogP) is 1.55. The number of halogens is 1. The molecule has 0 radical (unpaired) electrons. The van der Waals surface area contributed by atoms with Gasteiger partial charge in [0.25, 0.3) is 0 Å². The van der Waals surface area contributed by atoms with Gasteiger partial charge in [-0.15, -0.1) is 0 Å². The maximum absolute atomic E-state index is 10.3. The minimum Gasteiger partial charge on any atom is -0.481 e. The molecule has 0 unspecified atom stereocenters. The number of carboxylic acids is 1. The number of carboxylic acid groups (broad SMARTS) is 1. The predicted molar refractivity (Wildman–Crippen MR) is 47.2 cm³/mol. The Morgan fingerprint density at radius 2 is 2.25 bits per heavy atom. The Morgan fingerprint density at radius 3 is 2.83 bits per heavy atom. The van der Waals surface area contributed by atoms with Crippen molar-refractivity contribution < 1.29 is 9.90 Å². The van der Waals surface area contributed by atoms with E-state index in [1.54, 1.807) is 18.2 Å². The SMILES string of the molecule is Nc1ccc(Cl)c(CC(=O)O)c1. The minimum absolute atomic E-state index is 0.0934. The van der Waals surface area contributed by atoms with Crippen molar-refractivity contribution in [3.05, 3.63) is 28.8 Å². The summed E-state index contributed by atoms with van der Waals surface area (Å²) in [6, 6.07) is 4.79. The van der Waals surface area contributed by atoms with E-state index in [9.17, 15) is 4.79 Å². The van der Waals surface area contributed by atoms with Crippen molar-refractivity contribution in [3.63, 3.8) is 0 Å². The second-order valence-corrected chi connectivity index (χ2v) is 2.83. The largest absolute Gasteiger partial charge is 0.481 e. The van der Waals surface area contributed by atoms with Crippen LogP contribution in [0.25, 0.3) is 0 Å². The number of anilines is 1. The fourth-order valence-electron chi connectivity index (χ4n) is 0.893. The molecule has 1 rings (SSSR count).